The Kier molecular flexibility index (Phi) is 4.59. The first-order chi connectivity index (χ1) is 13.0. The van der Waals surface area contributed by atoms with Gasteiger partial charge in [0, 0.05) is 10.6 Å². The highest BCUT2D eigenvalue weighted by Gasteiger charge is 2.18. The Hall–Kier alpha value is -2.48. The lowest BCUT2D eigenvalue weighted by atomic mass is 10.2. The van der Waals surface area contributed by atoms with Crippen molar-refractivity contribution < 1.29 is 9.13 Å². The summed E-state index contributed by atoms with van der Waals surface area (Å²) in [5.74, 6) is 0.287. The van der Waals surface area contributed by atoms with Crippen LogP contribution in [0.1, 0.15) is 5.56 Å². The number of thiazole rings is 1. The normalized spacial score (nSPS) is 12.1. The monoisotopic (exact) mass is 421 g/mol. The van der Waals surface area contributed by atoms with Crippen LogP contribution in [0.25, 0.3) is 22.4 Å². The van der Waals surface area contributed by atoms with Crippen molar-refractivity contribution in [3.8, 4) is 17.1 Å². The predicted molar refractivity (Wildman–Crippen MR) is 104 cm³/mol. The van der Waals surface area contributed by atoms with Crippen molar-refractivity contribution in [3.63, 3.8) is 0 Å². The van der Waals surface area contributed by atoms with E-state index < -0.39 is 5.82 Å². The number of hydrogen-bond donors (Lipinski definition) is 0. The van der Waals surface area contributed by atoms with Gasteiger partial charge < -0.3 is 4.74 Å². The molecule has 4 rings (SSSR count). The van der Waals surface area contributed by atoms with Crippen LogP contribution in [0.4, 0.5) is 4.39 Å². The zero-order valence-corrected chi connectivity index (χ0v) is 16.1. The molecule has 2 aromatic heterocycles. The summed E-state index contributed by atoms with van der Waals surface area (Å²) < 4.78 is 21.0. The molecule has 0 saturated carbocycles. The number of fused-ring (bicyclic) bond motifs is 1. The molecule has 0 fully saturated rings. The predicted octanol–water partition coefficient (Wildman–Crippen LogP) is 3.82. The molecule has 0 radical (unpaired) electrons. The van der Waals surface area contributed by atoms with Gasteiger partial charge in [-0.05, 0) is 36.4 Å². The van der Waals surface area contributed by atoms with E-state index >= 15 is 0 Å². The molecular formula is C18H10Cl2FN3O2S. The largest absolute Gasteiger partial charge is 0.496 e. The third-order valence-electron chi connectivity index (χ3n) is 3.93. The summed E-state index contributed by atoms with van der Waals surface area (Å²) in [7, 11) is 1.51. The van der Waals surface area contributed by atoms with Gasteiger partial charge in [-0.3, -0.25) is 4.79 Å². The molecule has 136 valence electrons. The molecule has 0 saturated heterocycles. The van der Waals surface area contributed by atoms with Crippen molar-refractivity contribution in [2.24, 2.45) is 0 Å². The van der Waals surface area contributed by atoms with E-state index in [1.807, 2.05) is 0 Å². The van der Waals surface area contributed by atoms with Gasteiger partial charge in [-0.15, -0.1) is 10.2 Å². The smallest absolute Gasteiger partial charge is 0.276 e. The molecule has 2 heterocycles. The number of rotatable bonds is 3. The molecule has 0 N–H and O–H groups in total. The van der Waals surface area contributed by atoms with E-state index in [2.05, 4.69) is 10.2 Å². The molecule has 0 atom stereocenters. The van der Waals surface area contributed by atoms with Crippen LogP contribution in [-0.2, 0) is 0 Å². The molecule has 5 nitrogen and oxygen atoms in total. The Morgan fingerprint density at radius 2 is 2.04 bits per heavy atom. The van der Waals surface area contributed by atoms with Crippen LogP contribution in [0.5, 0.6) is 5.75 Å². The molecular weight excluding hydrogens is 412 g/mol. The molecule has 0 aliphatic rings. The van der Waals surface area contributed by atoms with Crippen molar-refractivity contribution in [3.05, 3.63) is 72.7 Å². The summed E-state index contributed by atoms with van der Waals surface area (Å²) in [6, 6.07) is 9.34. The molecule has 0 bridgehead atoms. The first-order valence-electron chi connectivity index (χ1n) is 7.67. The van der Waals surface area contributed by atoms with Crippen molar-refractivity contribution in [2.45, 2.75) is 0 Å². The quantitative estimate of drug-likeness (QED) is 0.504. The minimum Gasteiger partial charge on any atom is -0.496 e. The first-order valence-corrected chi connectivity index (χ1v) is 9.24. The molecule has 0 aliphatic heterocycles. The van der Waals surface area contributed by atoms with Gasteiger partial charge in [-0.2, -0.15) is 0 Å². The summed E-state index contributed by atoms with van der Waals surface area (Å²) in [6.45, 7) is 0. The minimum atomic E-state index is -0.511. The highest BCUT2D eigenvalue weighted by atomic mass is 35.5. The Labute approximate surface area is 166 Å². The standard InChI is InChI=1S/C18H10Cl2FN3O2S/c1-26-14-6-5-9(19)7-11(14)16-22-23-18-24(16)17(25)15(27-18)8-10-12(20)3-2-4-13(10)21/h2-8H,1H3. The third kappa shape index (κ3) is 3.07. The summed E-state index contributed by atoms with van der Waals surface area (Å²) in [5.41, 5.74) is 0.301. The van der Waals surface area contributed by atoms with Gasteiger partial charge in [0.2, 0.25) is 4.96 Å². The van der Waals surface area contributed by atoms with Gasteiger partial charge in [-0.1, -0.05) is 40.6 Å². The van der Waals surface area contributed by atoms with E-state index in [9.17, 15) is 9.18 Å². The topological polar surface area (TPSA) is 56.5 Å². The zero-order chi connectivity index (χ0) is 19.1. The Balaban J connectivity index is 1.98. The molecule has 4 aromatic rings. The maximum atomic E-state index is 14.1. The van der Waals surface area contributed by atoms with Gasteiger partial charge >= 0.3 is 0 Å². The van der Waals surface area contributed by atoms with Crippen molar-refractivity contribution in [2.75, 3.05) is 7.11 Å². The van der Waals surface area contributed by atoms with Crippen LogP contribution in [0.2, 0.25) is 10.0 Å². The highest BCUT2D eigenvalue weighted by molar-refractivity contribution is 7.15. The second-order valence-corrected chi connectivity index (χ2v) is 7.39. The van der Waals surface area contributed by atoms with Crippen LogP contribution in [0, 0.1) is 5.82 Å². The van der Waals surface area contributed by atoms with Crippen molar-refractivity contribution in [1.82, 2.24) is 14.6 Å². The van der Waals surface area contributed by atoms with Crippen LogP contribution in [0.3, 0.4) is 0 Å². The van der Waals surface area contributed by atoms with E-state index in [-0.39, 0.29) is 20.7 Å². The van der Waals surface area contributed by atoms with Gasteiger partial charge in [0.15, 0.2) is 5.82 Å². The summed E-state index contributed by atoms with van der Waals surface area (Å²) >= 11 is 13.2. The van der Waals surface area contributed by atoms with Crippen LogP contribution >= 0.6 is 34.5 Å². The number of ether oxygens (including phenoxy) is 1. The average Bonchev–Trinajstić information content (AvgIpc) is 3.19. The summed E-state index contributed by atoms with van der Waals surface area (Å²) in [4.78, 5) is 13.3. The van der Waals surface area contributed by atoms with E-state index in [1.165, 1.54) is 29.7 Å². The number of methoxy groups -OCH3 is 1. The average molecular weight is 422 g/mol. The maximum absolute atomic E-state index is 14.1. The Bertz CT molecular complexity index is 1270. The van der Waals surface area contributed by atoms with Gasteiger partial charge in [0.1, 0.15) is 11.6 Å². The highest BCUT2D eigenvalue weighted by Crippen LogP contribution is 2.31. The SMILES string of the molecule is COc1ccc(Cl)cc1-c1nnc2sc(=Cc3c(F)cccc3Cl)c(=O)n12. The molecule has 0 spiro atoms. The molecule has 27 heavy (non-hydrogen) atoms. The number of hydrogen-bond acceptors (Lipinski definition) is 5. The van der Waals surface area contributed by atoms with Crippen LogP contribution < -0.4 is 14.8 Å². The van der Waals surface area contributed by atoms with Gasteiger partial charge in [0.25, 0.3) is 5.56 Å². The lowest BCUT2D eigenvalue weighted by Gasteiger charge is -2.06. The van der Waals surface area contributed by atoms with E-state index in [0.717, 1.165) is 11.3 Å². The van der Waals surface area contributed by atoms with E-state index in [0.29, 0.717) is 27.1 Å². The fourth-order valence-corrected chi connectivity index (χ4v) is 3.96. The fraction of sp³-hybridized carbons (Fsp3) is 0.0556. The Morgan fingerprint density at radius 3 is 2.78 bits per heavy atom. The number of aromatic nitrogens is 3. The van der Waals surface area contributed by atoms with Gasteiger partial charge in [0.05, 0.1) is 22.2 Å². The number of benzene rings is 2. The fourth-order valence-electron chi connectivity index (χ4n) is 2.67. The second-order valence-electron chi connectivity index (χ2n) is 5.54. The second kappa shape index (κ2) is 6.92. The van der Waals surface area contributed by atoms with E-state index in [1.54, 1.807) is 24.3 Å². The van der Waals surface area contributed by atoms with Gasteiger partial charge in [-0.25, -0.2) is 8.79 Å². The zero-order valence-electron chi connectivity index (χ0n) is 13.7. The Morgan fingerprint density at radius 1 is 1.22 bits per heavy atom. The molecule has 2 aromatic carbocycles. The molecule has 0 aliphatic carbocycles. The third-order valence-corrected chi connectivity index (χ3v) is 5.45. The maximum Gasteiger partial charge on any atom is 0.276 e. The molecule has 0 amide bonds. The van der Waals surface area contributed by atoms with Crippen molar-refractivity contribution in [1.29, 1.82) is 0 Å². The van der Waals surface area contributed by atoms with Crippen molar-refractivity contribution >= 4 is 45.6 Å². The lowest BCUT2D eigenvalue weighted by molar-refractivity contribution is 0.416. The number of nitrogens with zero attached hydrogens (tertiary/aromatic N) is 3. The minimum absolute atomic E-state index is 0.149. The van der Waals surface area contributed by atoms with E-state index in [4.69, 9.17) is 27.9 Å². The van der Waals surface area contributed by atoms with Crippen LogP contribution in [-0.4, -0.2) is 21.7 Å². The number of halogens is 3. The molecule has 0 unspecified atom stereocenters. The summed E-state index contributed by atoms with van der Waals surface area (Å²) in [5, 5.41) is 8.83. The summed E-state index contributed by atoms with van der Waals surface area (Å²) in [6.07, 6.45) is 1.42. The van der Waals surface area contributed by atoms with Crippen LogP contribution in [0.15, 0.2) is 41.2 Å². The lowest BCUT2D eigenvalue weighted by Crippen LogP contribution is -2.23. The first kappa shape index (κ1) is 17.9. The molecule has 9 heteroatoms.